The average Bonchev–Trinajstić information content (AvgIpc) is 2.43. The predicted octanol–water partition coefficient (Wildman–Crippen LogP) is 3.22. The summed E-state index contributed by atoms with van der Waals surface area (Å²) in [5.74, 6) is -0.0577. The number of allylic oxidation sites excluding steroid dienone is 2. The fourth-order valence-electron chi connectivity index (χ4n) is 1.80. The molecule has 14 heavy (non-hydrogen) atoms. The van der Waals surface area contributed by atoms with Gasteiger partial charge in [0.05, 0.1) is 6.61 Å². The van der Waals surface area contributed by atoms with Gasteiger partial charge in [-0.1, -0.05) is 18.1 Å². The second kappa shape index (κ2) is 6.63. The van der Waals surface area contributed by atoms with Gasteiger partial charge in [0, 0.05) is 6.42 Å². The van der Waals surface area contributed by atoms with Crippen molar-refractivity contribution in [2.75, 3.05) is 6.61 Å². The lowest BCUT2D eigenvalue weighted by Gasteiger charge is -2.04. The molecule has 0 bridgehead atoms. The van der Waals surface area contributed by atoms with E-state index in [2.05, 4.69) is 6.08 Å². The second-order valence-electron chi connectivity index (χ2n) is 3.77. The third kappa shape index (κ3) is 4.45. The molecule has 0 saturated heterocycles. The van der Waals surface area contributed by atoms with E-state index in [-0.39, 0.29) is 5.97 Å². The molecule has 0 fully saturated rings. The molecule has 0 aromatic carbocycles. The number of rotatable bonds is 4. The van der Waals surface area contributed by atoms with E-state index >= 15 is 0 Å². The van der Waals surface area contributed by atoms with Gasteiger partial charge in [-0.2, -0.15) is 0 Å². The fraction of sp³-hybridized carbons (Fsp3) is 0.750. The van der Waals surface area contributed by atoms with Crippen LogP contribution in [0.2, 0.25) is 0 Å². The van der Waals surface area contributed by atoms with Crippen molar-refractivity contribution in [1.29, 1.82) is 0 Å². The topological polar surface area (TPSA) is 26.3 Å². The zero-order valence-electron chi connectivity index (χ0n) is 9.05. The minimum absolute atomic E-state index is 0.0577. The molecule has 0 radical (unpaired) electrons. The van der Waals surface area contributed by atoms with Gasteiger partial charge in [0.2, 0.25) is 0 Å². The number of carbonyl (C=O) groups excluding carboxylic acids is 1. The van der Waals surface area contributed by atoms with Crippen molar-refractivity contribution >= 4 is 5.97 Å². The lowest BCUT2D eigenvalue weighted by atomic mass is 10.1. The molecule has 80 valence electrons. The Hall–Kier alpha value is -0.790. The Morgan fingerprint density at radius 2 is 2.29 bits per heavy atom. The highest BCUT2D eigenvalue weighted by molar-refractivity contribution is 5.69. The van der Waals surface area contributed by atoms with E-state index in [9.17, 15) is 4.79 Å². The van der Waals surface area contributed by atoms with Crippen molar-refractivity contribution in [3.05, 3.63) is 11.6 Å². The number of esters is 1. The first kappa shape index (κ1) is 11.3. The highest BCUT2D eigenvalue weighted by atomic mass is 16.5. The molecule has 0 heterocycles. The van der Waals surface area contributed by atoms with Gasteiger partial charge in [0.25, 0.3) is 0 Å². The van der Waals surface area contributed by atoms with Crippen LogP contribution in [-0.4, -0.2) is 12.6 Å². The Balaban J connectivity index is 2.22. The SMILES string of the molecule is CCOC(=O)CCC1=CCCCCC1. The number of hydrogen-bond acceptors (Lipinski definition) is 2. The van der Waals surface area contributed by atoms with E-state index in [1.54, 1.807) is 0 Å². The maximum absolute atomic E-state index is 11.1. The van der Waals surface area contributed by atoms with Crippen LogP contribution in [0.3, 0.4) is 0 Å². The predicted molar refractivity (Wildman–Crippen MR) is 57.0 cm³/mol. The summed E-state index contributed by atoms with van der Waals surface area (Å²) in [6, 6.07) is 0. The molecule has 2 nitrogen and oxygen atoms in total. The Labute approximate surface area is 86.3 Å². The molecule has 1 rings (SSSR count). The van der Waals surface area contributed by atoms with E-state index in [1.165, 1.54) is 37.7 Å². The first-order chi connectivity index (χ1) is 6.83. The lowest BCUT2D eigenvalue weighted by molar-refractivity contribution is -0.143. The van der Waals surface area contributed by atoms with Crippen LogP contribution in [0.5, 0.6) is 0 Å². The van der Waals surface area contributed by atoms with Crippen LogP contribution >= 0.6 is 0 Å². The Morgan fingerprint density at radius 3 is 3.07 bits per heavy atom. The monoisotopic (exact) mass is 196 g/mol. The van der Waals surface area contributed by atoms with E-state index in [0.29, 0.717) is 13.0 Å². The van der Waals surface area contributed by atoms with Gasteiger partial charge < -0.3 is 4.74 Å². The van der Waals surface area contributed by atoms with Crippen LogP contribution in [0.25, 0.3) is 0 Å². The third-order valence-corrected chi connectivity index (χ3v) is 2.59. The van der Waals surface area contributed by atoms with Crippen molar-refractivity contribution in [3.63, 3.8) is 0 Å². The van der Waals surface area contributed by atoms with E-state index in [0.717, 1.165) is 6.42 Å². The molecule has 0 aromatic rings. The summed E-state index contributed by atoms with van der Waals surface area (Å²) in [7, 11) is 0. The van der Waals surface area contributed by atoms with Crippen LogP contribution in [-0.2, 0) is 9.53 Å². The van der Waals surface area contributed by atoms with Gasteiger partial charge in [0.15, 0.2) is 0 Å². The van der Waals surface area contributed by atoms with E-state index < -0.39 is 0 Å². The Morgan fingerprint density at radius 1 is 1.43 bits per heavy atom. The van der Waals surface area contributed by atoms with Crippen molar-refractivity contribution in [2.45, 2.75) is 51.9 Å². The third-order valence-electron chi connectivity index (χ3n) is 2.59. The maximum atomic E-state index is 11.1. The second-order valence-corrected chi connectivity index (χ2v) is 3.77. The van der Waals surface area contributed by atoms with Crippen LogP contribution in [0.1, 0.15) is 51.9 Å². The first-order valence-electron chi connectivity index (χ1n) is 5.66. The normalized spacial score (nSPS) is 17.1. The van der Waals surface area contributed by atoms with Gasteiger partial charge in [-0.15, -0.1) is 0 Å². The molecule has 0 amide bonds. The molecule has 1 aliphatic rings. The number of hydrogen-bond donors (Lipinski definition) is 0. The molecule has 0 atom stereocenters. The van der Waals surface area contributed by atoms with Crippen molar-refractivity contribution in [1.82, 2.24) is 0 Å². The summed E-state index contributed by atoms with van der Waals surface area (Å²) < 4.78 is 4.90. The summed E-state index contributed by atoms with van der Waals surface area (Å²) in [4.78, 5) is 11.1. The van der Waals surface area contributed by atoms with Crippen LogP contribution < -0.4 is 0 Å². The largest absolute Gasteiger partial charge is 0.466 e. The zero-order valence-corrected chi connectivity index (χ0v) is 9.05. The summed E-state index contributed by atoms with van der Waals surface area (Å²) in [5.41, 5.74) is 1.45. The average molecular weight is 196 g/mol. The quantitative estimate of drug-likeness (QED) is 0.509. The molecule has 0 aliphatic heterocycles. The molecule has 0 saturated carbocycles. The van der Waals surface area contributed by atoms with Gasteiger partial charge in [-0.05, 0) is 39.0 Å². The first-order valence-corrected chi connectivity index (χ1v) is 5.66. The fourth-order valence-corrected chi connectivity index (χ4v) is 1.80. The maximum Gasteiger partial charge on any atom is 0.306 e. The van der Waals surface area contributed by atoms with Gasteiger partial charge in [-0.25, -0.2) is 0 Å². The van der Waals surface area contributed by atoms with E-state index in [4.69, 9.17) is 4.74 Å². The zero-order chi connectivity index (χ0) is 10.2. The minimum Gasteiger partial charge on any atom is -0.466 e. The van der Waals surface area contributed by atoms with Crippen LogP contribution in [0.4, 0.5) is 0 Å². The summed E-state index contributed by atoms with van der Waals surface area (Å²) in [6.07, 6.45) is 10.1. The molecule has 0 N–H and O–H groups in total. The van der Waals surface area contributed by atoms with Crippen molar-refractivity contribution in [2.24, 2.45) is 0 Å². The summed E-state index contributed by atoms with van der Waals surface area (Å²) >= 11 is 0. The van der Waals surface area contributed by atoms with Gasteiger partial charge in [-0.3, -0.25) is 4.79 Å². The molecular formula is C12H20O2. The number of carbonyl (C=O) groups is 1. The highest BCUT2D eigenvalue weighted by Gasteiger charge is 2.06. The molecule has 0 aromatic heterocycles. The smallest absolute Gasteiger partial charge is 0.306 e. The molecule has 2 heteroatoms. The van der Waals surface area contributed by atoms with Crippen molar-refractivity contribution in [3.8, 4) is 0 Å². The van der Waals surface area contributed by atoms with E-state index in [1.807, 2.05) is 6.92 Å². The van der Waals surface area contributed by atoms with Crippen LogP contribution in [0, 0.1) is 0 Å². The Kier molecular flexibility index (Phi) is 5.35. The Bertz CT molecular complexity index is 206. The van der Waals surface area contributed by atoms with Gasteiger partial charge in [0.1, 0.15) is 0 Å². The standard InChI is InChI=1S/C12H20O2/c1-2-14-12(13)10-9-11-7-5-3-4-6-8-11/h7H,2-6,8-10H2,1H3. The minimum atomic E-state index is -0.0577. The summed E-state index contributed by atoms with van der Waals surface area (Å²) in [5, 5.41) is 0. The number of ether oxygens (including phenoxy) is 1. The van der Waals surface area contributed by atoms with Crippen LogP contribution in [0.15, 0.2) is 11.6 Å². The molecular weight excluding hydrogens is 176 g/mol. The molecule has 1 aliphatic carbocycles. The molecule has 0 spiro atoms. The highest BCUT2D eigenvalue weighted by Crippen LogP contribution is 2.20. The van der Waals surface area contributed by atoms with Crippen molar-refractivity contribution < 1.29 is 9.53 Å². The molecule has 0 unspecified atom stereocenters. The van der Waals surface area contributed by atoms with Gasteiger partial charge >= 0.3 is 5.97 Å². The summed E-state index contributed by atoms with van der Waals surface area (Å²) in [6.45, 7) is 2.35. The lowest BCUT2D eigenvalue weighted by Crippen LogP contribution is -2.03.